The van der Waals surface area contributed by atoms with Gasteiger partial charge in [0.25, 0.3) is 5.89 Å². The van der Waals surface area contributed by atoms with Gasteiger partial charge in [-0.25, -0.2) is 4.79 Å². The van der Waals surface area contributed by atoms with E-state index in [0.29, 0.717) is 23.9 Å². The second kappa shape index (κ2) is 7.06. The van der Waals surface area contributed by atoms with E-state index in [4.69, 9.17) is 4.52 Å². The molecular weight excluding hydrogens is 312 g/mol. The van der Waals surface area contributed by atoms with Gasteiger partial charge in [0.05, 0.1) is 5.56 Å². The quantitative estimate of drug-likeness (QED) is 0.742. The van der Waals surface area contributed by atoms with Gasteiger partial charge in [0, 0.05) is 23.2 Å². The summed E-state index contributed by atoms with van der Waals surface area (Å²) in [6.07, 6.45) is 0.891. The first-order valence-electron chi connectivity index (χ1n) is 7.28. The van der Waals surface area contributed by atoms with Crippen molar-refractivity contribution >= 4 is 23.1 Å². The Kier molecular flexibility index (Phi) is 4.68. The molecule has 6 nitrogen and oxygen atoms in total. The van der Waals surface area contributed by atoms with E-state index in [1.807, 2.05) is 48.0 Å². The second-order valence-electron chi connectivity index (χ2n) is 4.90. The van der Waals surface area contributed by atoms with Crippen LogP contribution in [0.2, 0.25) is 0 Å². The number of carbonyl (C=O) groups excluding carboxylic acids is 1. The van der Waals surface area contributed by atoms with Crippen LogP contribution >= 0.6 is 11.3 Å². The number of benzene rings is 1. The van der Waals surface area contributed by atoms with Gasteiger partial charge in [0.2, 0.25) is 5.82 Å². The average Bonchev–Trinajstić information content (AvgIpc) is 3.24. The van der Waals surface area contributed by atoms with Crippen molar-refractivity contribution in [3.8, 4) is 22.8 Å². The molecule has 0 fully saturated rings. The number of carbonyl (C=O) groups is 1. The van der Waals surface area contributed by atoms with Gasteiger partial charge < -0.3 is 15.2 Å². The predicted molar refractivity (Wildman–Crippen MR) is 90.4 cm³/mol. The summed E-state index contributed by atoms with van der Waals surface area (Å²) in [5.74, 6) is 0.976. The number of nitrogens with one attached hydrogen (secondary N) is 2. The van der Waals surface area contributed by atoms with Crippen molar-refractivity contribution in [3.05, 3.63) is 41.1 Å². The number of aromatic nitrogens is 2. The molecule has 2 N–H and O–H groups in total. The Bertz CT molecular complexity index is 783. The first-order chi connectivity index (χ1) is 11.3. The molecule has 0 bridgehead atoms. The molecule has 0 saturated carbocycles. The van der Waals surface area contributed by atoms with Gasteiger partial charge in [-0.3, -0.25) is 0 Å². The lowest BCUT2D eigenvalue weighted by molar-refractivity contribution is 0.252. The van der Waals surface area contributed by atoms with Crippen LogP contribution in [0.4, 0.5) is 10.5 Å². The lowest BCUT2D eigenvalue weighted by Crippen LogP contribution is -2.29. The molecule has 2 amide bonds. The Morgan fingerprint density at radius 3 is 3.00 bits per heavy atom. The molecule has 0 aliphatic carbocycles. The van der Waals surface area contributed by atoms with Crippen molar-refractivity contribution < 1.29 is 9.32 Å². The van der Waals surface area contributed by atoms with Crippen LogP contribution in [0.1, 0.15) is 13.3 Å². The predicted octanol–water partition coefficient (Wildman–Crippen LogP) is 4.00. The van der Waals surface area contributed by atoms with Crippen molar-refractivity contribution in [2.45, 2.75) is 13.3 Å². The zero-order chi connectivity index (χ0) is 16.1. The monoisotopic (exact) mass is 328 g/mol. The van der Waals surface area contributed by atoms with Crippen LogP contribution < -0.4 is 10.6 Å². The number of thiophene rings is 1. The van der Waals surface area contributed by atoms with E-state index in [9.17, 15) is 4.79 Å². The highest BCUT2D eigenvalue weighted by molar-refractivity contribution is 7.08. The summed E-state index contributed by atoms with van der Waals surface area (Å²) in [5.41, 5.74) is 2.36. The van der Waals surface area contributed by atoms with E-state index in [0.717, 1.165) is 17.5 Å². The van der Waals surface area contributed by atoms with E-state index >= 15 is 0 Å². The van der Waals surface area contributed by atoms with Crippen LogP contribution in [-0.4, -0.2) is 22.7 Å². The van der Waals surface area contributed by atoms with Gasteiger partial charge in [-0.05, 0) is 30.0 Å². The Morgan fingerprint density at radius 2 is 2.22 bits per heavy atom. The van der Waals surface area contributed by atoms with Gasteiger partial charge in [0.15, 0.2) is 0 Å². The summed E-state index contributed by atoms with van der Waals surface area (Å²) in [6, 6.07) is 9.04. The number of nitrogens with zero attached hydrogens (tertiary/aromatic N) is 2. The van der Waals surface area contributed by atoms with E-state index < -0.39 is 0 Å². The van der Waals surface area contributed by atoms with Gasteiger partial charge in [-0.15, -0.1) is 0 Å². The maximum atomic E-state index is 11.7. The molecule has 0 aliphatic rings. The summed E-state index contributed by atoms with van der Waals surface area (Å²) in [6.45, 7) is 2.64. The summed E-state index contributed by atoms with van der Waals surface area (Å²) in [7, 11) is 0. The zero-order valence-electron chi connectivity index (χ0n) is 12.6. The minimum absolute atomic E-state index is 0.226. The zero-order valence-corrected chi connectivity index (χ0v) is 13.4. The van der Waals surface area contributed by atoms with Gasteiger partial charge in [-0.1, -0.05) is 24.2 Å². The maximum absolute atomic E-state index is 11.7. The molecule has 2 heterocycles. The highest BCUT2D eigenvalue weighted by Crippen LogP contribution is 2.25. The SMILES string of the molecule is CCCNC(=O)Nc1cccc(-c2noc(-c3ccsc3)n2)c1. The van der Waals surface area contributed by atoms with Crippen LogP contribution in [0, 0.1) is 0 Å². The Labute approximate surface area is 137 Å². The molecule has 3 rings (SSSR count). The Morgan fingerprint density at radius 1 is 1.30 bits per heavy atom. The molecule has 7 heteroatoms. The van der Waals surface area contributed by atoms with Crippen molar-refractivity contribution in [1.82, 2.24) is 15.5 Å². The Hall–Kier alpha value is -2.67. The minimum atomic E-state index is -0.226. The van der Waals surface area contributed by atoms with E-state index in [-0.39, 0.29) is 6.03 Å². The number of amides is 2. The summed E-state index contributed by atoms with van der Waals surface area (Å²) in [5, 5.41) is 13.5. The minimum Gasteiger partial charge on any atom is -0.338 e. The molecule has 0 saturated heterocycles. The topological polar surface area (TPSA) is 80.0 Å². The highest BCUT2D eigenvalue weighted by Gasteiger charge is 2.11. The van der Waals surface area contributed by atoms with Crippen LogP contribution in [0.3, 0.4) is 0 Å². The number of anilines is 1. The smallest absolute Gasteiger partial charge is 0.319 e. The molecule has 0 unspecified atom stereocenters. The average molecular weight is 328 g/mol. The fourth-order valence-corrected chi connectivity index (χ4v) is 2.62. The molecule has 23 heavy (non-hydrogen) atoms. The summed E-state index contributed by atoms with van der Waals surface area (Å²) >= 11 is 1.57. The fourth-order valence-electron chi connectivity index (χ4n) is 1.99. The molecule has 0 spiro atoms. The Balaban J connectivity index is 1.76. The molecule has 2 aromatic heterocycles. The molecule has 0 aliphatic heterocycles. The van der Waals surface area contributed by atoms with Crippen molar-refractivity contribution in [2.75, 3.05) is 11.9 Å². The van der Waals surface area contributed by atoms with Crippen molar-refractivity contribution in [1.29, 1.82) is 0 Å². The summed E-state index contributed by atoms with van der Waals surface area (Å²) in [4.78, 5) is 16.1. The molecule has 0 atom stereocenters. The third-order valence-electron chi connectivity index (χ3n) is 3.11. The van der Waals surface area contributed by atoms with E-state index in [2.05, 4.69) is 20.8 Å². The highest BCUT2D eigenvalue weighted by atomic mass is 32.1. The second-order valence-corrected chi connectivity index (χ2v) is 5.68. The molecule has 0 radical (unpaired) electrons. The molecular formula is C16H16N4O2S. The van der Waals surface area contributed by atoms with Crippen LogP contribution in [0.5, 0.6) is 0 Å². The lowest BCUT2D eigenvalue weighted by Gasteiger charge is -2.07. The number of hydrogen-bond acceptors (Lipinski definition) is 5. The third-order valence-corrected chi connectivity index (χ3v) is 3.79. The molecule has 1 aromatic carbocycles. The first-order valence-corrected chi connectivity index (χ1v) is 8.22. The van der Waals surface area contributed by atoms with Crippen LogP contribution in [-0.2, 0) is 0 Å². The van der Waals surface area contributed by atoms with Crippen LogP contribution in [0.15, 0.2) is 45.6 Å². The molecule has 3 aromatic rings. The number of hydrogen-bond donors (Lipinski definition) is 2. The maximum Gasteiger partial charge on any atom is 0.319 e. The third kappa shape index (κ3) is 3.75. The van der Waals surface area contributed by atoms with Gasteiger partial charge in [0.1, 0.15) is 0 Å². The molecule has 118 valence electrons. The van der Waals surface area contributed by atoms with E-state index in [1.165, 1.54) is 0 Å². The standard InChI is InChI=1S/C16H16N4O2S/c1-2-7-17-16(21)18-13-5-3-4-11(9-13)14-19-15(22-20-14)12-6-8-23-10-12/h3-6,8-10H,2,7H2,1H3,(H2,17,18,21). The van der Waals surface area contributed by atoms with Crippen molar-refractivity contribution in [3.63, 3.8) is 0 Å². The fraction of sp³-hybridized carbons (Fsp3) is 0.188. The first kappa shape index (κ1) is 15.2. The van der Waals surface area contributed by atoms with Gasteiger partial charge >= 0.3 is 6.03 Å². The van der Waals surface area contributed by atoms with Crippen LogP contribution in [0.25, 0.3) is 22.8 Å². The summed E-state index contributed by atoms with van der Waals surface area (Å²) < 4.78 is 5.28. The van der Waals surface area contributed by atoms with Crippen molar-refractivity contribution in [2.24, 2.45) is 0 Å². The van der Waals surface area contributed by atoms with Gasteiger partial charge in [-0.2, -0.15) is 16.3 Å². The number of urea groups is 1. The van der Waals surface area contributed by atoms with E-state index in [1.54, 1.807) is 11.3 Å². The number of rotatable bonds is 5. The lowest BCUT2D eigenvalue weighted by atomic mass is 10.2. The normalized spacial score (nSPS) is 10.5. The largest absolute Gasteiger partial charge is 0.338 e.